The molecule has 330 valence electrons. The van der Waals surface area contributed by atoms with E-state index in [0.29, 0.717) is 23.6 Å². The first-order valence-electron chi connectivity index (χ1n) is 21.8. The zero-order valence-electron chi connectivity index (χ0n) is 39.6. The van der Waals surface area contributed by atoms with E-state index >= 15 is 0 Å². The van der Waals surface area contributed by atoms with Crippen LogP contribution in [-0.4, -0.2) is 67.5 Å². The van der Waals surface area contributed by atoms with E-state index in [4.69, 9.17) is 34.7 Å². The molecule has 3 aromatic carbocycles. The van der Waals surface area contributed by atoms with E-state index in [2.05, 4.69) is 167 Å². The predicted molar refractivity (Wildman–Crippen MR) is 261 cm³/mol. The molecule has 0 radical (unpaired) electrons. The smallest absolute Gasteiger partial charge is 0.338 e. The van der Waals surface area contributed by atoms with E-state index in [-0.39, 0.29) is 46.4 Å². The van der Waals surface area contributed by atoms with Crippen LogP contribution in [0.5, 0.6) is 0 Å². The summed E-state index contributed by atoms with van der Waals surface area (Å²) < 4.78 is 34.0. The molecule has 0 N–H and O–H groups in total. The van der Waals surface area contributed by atoms with E-state index in [1.54, 1.807) is 0 Å². The van der Waals surface area contributed by atoms with Gasteiger partial charge in [0.2, 0.25) is 0 Å². The van der Waals surface area contributed by atoms with Crippen molar-refractivity contribution in [3.8, 4) is 0 Å². The summed E-state index contributed by atoms with van der Waals surface area (Å²) in [7, 11) is -6.43. The Kier molecular flexibility index (Phi) is 16.5. The summed E-state index contributed by atoms with van der Waals surface area (Å²) in [5, 5.41) is 2.93. The van der Waals surface area contributed by atoms with Gasteiger partial charge in [-0.05, 0) is 103 Å². The summed E-state index contributed by atoms with van der Waals surface area (Å²) in [4.78, 5) is 13.4. The monoisotopic (exact) mass is 890 g/mol. The van der Waals surface area contributed by atoms with E-state index in [0.717, 1.165) is 17.2 Å². The van der Waals surface area contributed by atoms with Gasteiger partial charge in [-0.1, -0.05) is 165 Å². The third kappa shape index (κ3) is 12.7. The fourth-order valence-electron chi connectivity index (χ4n) is 7.61. The maximum Gasteiger partial charge on any atom is 0.338 e. The van der Waals surface area contributed by atoms with Gasteiger partial charge < -0.3 is 23.1 Å². The van der Waals surface area contributed by atoms with Crippen molar-refractivity contribution in [2.24, 2.45) is 5.92 Å². The van der Waals surface area contributed by atoms with Crippen molar-refractivity contribution in [2.75, 3.05) is 6.61 Å². The number of aryl methyl sites for hydroxylation is 1. The van der Waals surface area contributed by atoms with Crippen LogP contribution in [-0.2, 0) is 23.1 Å². The van der Waals surface area contributed by atoms with Gasteiger partial charge in [-0.2, -0.15) is 0 Å². The van der Waals surface area contributed by atoms with E-state index in [9.17, 15) is 4.79 Å². The third-order valence-electron chi connectivity index (χ3n) is 12.2. The highest BCUT2D eigenvalue weighted by molar-refractivity contribution is 6.99. The quantitative estimate of drug-likeness (QED) is 0.0764. The van der Waals surface area contributed by atoms with Gasteiger partial charge in [-0.25, -0.2) is 4.79 Å². The Bertz CT molecular complexity index is 1890. The van der Waals surface area contributed by atoms with Gasteiger partial charge in [0.15, 0.2) is 14.1 Å². The molecule has 1 heterocycles. The molecule has 5 atom stereocenters. The van der Waals surface area contributed by atoms with Crippen LogP contribution in [0.25, 0.3) is 6.08 Å². The van der Waals surface area contributed by atoms with Crippen LogP contribution in [0.4, 0.5) is 0 Å². The molecule has 1 fully saturated rings. The number of carbonyl (C=O) groups is 1. The molecule has 1 unspecified atom stereocenters. The molecule has 0 saturated carbocycles. The number of hydrogen-bond acceptors (Lipinski definition) is 6. The summed E-state index contributed by atoms with van der Waals surface area (Å²) >= 11 is 6.55. The second-order valence-electron chi connectivity index (χ2n) is 21.0. The number of carbonyl (C=O) groups excluding carboxylic acids is 1. The molecule has 1 aliphatic heterocycles. The first-order valence-corrected chi connectivity index (χ1v) is 30.7. The van der Waals surface area contributed by atoms with Crippen molar-refractivity contribution in [3.05, 3.63) is 113 Å². The van der Waals surface area contributed by atoms with Gasteiger partial charge in [0.05, 0.1) is 24.4 Å². The molecule has 1 saturated heterocycles. The van der Waals surface area contributed by atoms with Crippen molar-refractivity contribution >= 4 is 58.7 Å². The van der Waals surface area contributed by atoms with Gasteiger partial charge in [-0.3, -0.25) is 0 Å². The zero-order chi connectivity index (χ0) is 44.9. The molecule has 3 aromatic rings. The number of hydrogen-bond donors (Lipinski definition) is 0. The Labute approximate surface area is 371 Å². The Morgan fingerprint density at radius 2 is 1.40 bits per heavy atom. The lowest BCUT2D eigenvalue weighted by atomic mass is 9.99. The van der Waals surface area contributed by atoms with Crippen molar-refractivity contribution in [3.63, 3.8) is 0 Å². The highest BCUT2D eigenvalue weighted by Crippen LogP contribution is 2.42. The molecule has 6 nitrogen and oxygen atoms in total. The molecular formula is C50H75ClO6Si3. The maximum absolute atomic E-state index is 13.4. The lowest BCUT2D eigenvalue weighted by Crippen LogP contribution is -2.67. The van der Waals surface area contributed by atoms with Gasteiger partial charge >= 0.3 is 5.97 Å². The fraction of sp³-hybridized carbons (Fsp3) is 0.540. The minimum absolute atomic E-state index is 0.0285. The predicted octanol–water partition coefficient (Wildman–Crippen LogP) is 12.6. The van der Waals surface area contributed by atoms with E-state index in [1.807, 2.05) is 39.0 Å². The Morgan fingerprint density at radius 1 is 0.833 bits per heavy atom. The largest absolute Gasteiger partial charge is 0.462 e. The van der Waals surface area contributed by atoms with Crippen LogP contribution in [0.2, 0.25) is 53.9 Å². The van der Waals surface area contributed by atoms with E-state index in [1.165, 1.54) is 10.4 Å². The summed E-state index contributed by atoms with van der Waals surface area (Å²) in [5.41, 5.74) is 2.05. The average Bonchev–Trinajstić information content (AvgIpc) is 3.44. The van der Waals surface area contributed by atoms with Gasteiger partial charge in [0, 0.05) is 19.2 Å². The summed E-state index contributed by atoms with van der Waals surface area (Å²) in [6.07, 6.45) is 7.85. The number of ether oxygens (including phenoxy) is 3. The number of benzene rings is 3. The SMILES string of the molecule is Cc1cc(Cl)cc(/C=C/C[C@@H]2OC(C)(C)O[C@@H]2C(/C=C\[C@@H](C)[C@H](C)O[Si](c2ccccc2)(c2ccccc2)C(C)(C)C)O[Si](C)(C)C(C)(C)C)c1C(=O)OCC[Si](C)(C)C. The lowest BCUT2D eigenvalue weighted by molar-refractivity contribution is -0.151. The Morgan fingerprint density at radius 3 is 1.92 bits per heavy atom. The molecule has 0 spiro atoms. The van der Waals surface area contributed by atoms with Crippen LogP contribution in [0.15, 0.2) is 91.0 Å². The fourth-order valence-corrected chi connectivity index (χ4v) is 14.6. The lowest BCUT2D eigenvalue weighted by Gasteiger charge is -2.45. The minimum atomic E-state index is -2.77. The van der Waals surface area contributed by atoms with Crippen LogP contribution in [0.1, 0.15) is 97.1 Å². The standard InChI is InChI=1S/C50H75ClO6Si3/c1-36(38(3)56-60(49(7,8)9,41-25-19-17-20-26-41)42-27-21-18-22-28-42)30-31-44(57-59(15,16)48(4,5)6)46-43(54-50(10,11)55-46)29-23-24-39-35-40(51)34-37(2)45(39)47(52)53-32-33-58(12,13)14/h17-28,30-31,34-36,38,43-44,46H,29,32-33H2,1-16H3/b24-23+,31-30-/t36-,38+,43+,44?,46+/m1/s1. The summed E-state index contributed by atoms with van der Waals surface area (Å²) in [6, 6.07) is 26.2. The second-order valence-corrected chi connectivity index (χ2v) is 36.1. The molecular weight excluding hydrogens is 816 g/mol. The van der Waals surface area contributed by atoms with Crippen LogP contribution in [0.3, 0.4) is 0 Å². The van der Waals surface area contributed by atoms with Crippen molar-refractivity contribution < 1.29 is 27.9 Å². The molecule has 0 amide bonds. The first kappa shape index (κ1) is 50.0. The highest BCUT2D eigenvalue weighted by Gasteiger charge is 2.52. The molecule has 0 bridgehead atoms. The zero-order valence-corrected chi connectivity index (χ0v) is 43.3. The van der Waals surface area contributed by atoms with Crippen molar-refractivity contribution in [1.29, 1.82) is 0 Å². The molecule has 60 heavy (non-hydrogen) atoms. The third-order valence-corrected chi connectivity index (χ3v) is 23.7. The highest BCUT2D eigenvalue weighted by atomic mass is 35.5. The summed E-state index contributed by atoms with van der Waals surface area (Å²) in [6.45, 7) is 35.8. The topological polar surface area (TPSA) is 63.2 Å². The van der Waals surface area contributed by atoms with Crippen LogP contribution >= 0.6 is 11.6 Å². The average molecular weight is 892 g/mol. The number of rotatable bonds is 17. The molecule has 4 rings (SSSR count). The summed E-state index contributed by atoms with van der Waals surface area (Å²) in [5.74, 6) is -1.09. The van der Waals surface area contributed by atoms with Crippen LogP contribution < -0.4 is 10.4 Å². The molecule has 1 aliphatic rings. The van der Waals surface area contributed by atoms with Gasteiger partial charge in [0.25, 0.3) is 8.32 Å². The molecule has 0 aliphatic carbocycles. The Balaban J connectivity index is 1.67. The number of esters is 1. The van der Waals surface area contributed by atoms with Crippen molar-refractivity contribution in [2.45, 2.75) is 162 Å². The van der Waals surface area contributed by atoms with Crippen LogP contribution in [0, 0.1) is 12.8 Å². The normalized spacial score (nSPS) is 19.5. The number of halogens is 1. The molecule has 0 aromatic heterocycles. The molecule has 10 heteroatoms. The van der Waals surface area contributed by atoms with E-state index < -0.39 is 30.5 Å². The minimum Gasteiger partial charge on any atom is -0.462 e. The van der Waals surface area contributed by atoms with Crippen molar-refractivity contribution in [1.82, 2.24) is 0 Å². The maximum atomic E-state index is 13.4. The second kappa shape index (κ2) is 19.8. The Hall–Kier alpha value is -2.61. The van der Waals surface area contributed by atoms with Gasteiger partial charge in [0.1, 0.15) is 6.10 Å². The van der Waals surface area contributed by atoms with Gasteiger partial charge in [-0.15, -0.1) is 0 Å². The first-order chi connectivity index (χ1) is 27.7.